The summed E-state index contributed by atoms with van der Waals surface area (Å²) in [6.07, 6.45) is 2.03. The van der Waals surface area contributed by atoms with Gasteiger partial charge in [-0.05, 0) is 30.5 Å². The molecule has 0 radical (unpaired) electrons. The van der Waals surface area contributed by atoms with E-state index in [0.29, 0.717) is 5.56 Å². The second-order valence-electron chi connectivity index (χ2n) is 6.63. The number of carbonyl (C=O) groups excluding carboxylic acids is 1. The summed E-state index contributed by atoms with van der Waals surface area (Å²) in [5.74, 6) is 0.923. The van der Waals surface area contributed by atoms with Crippen molar-refractivity contribution in [3.63, 3.8) is 0 Å². The van der Waals surface area contributed by atoms with E-state index in [-0.39, 0.29) is 11.9 Å². The fraction of sp³-hybridized carbons (Fsp3) is 0.238. The lowest BCUT2D eigenvalue weighted by atomic mass is 10.0. The number of carbonyl (C=O) groups is 1. The maximum absolute atomic E-state index is 12.4. The van der Waals surface area contributed by atoms with Gasteiger partial charge in [-0.25, -0.2) is 0 Å². The third kappa shape index (κ3) is 3.61. The zero-order chi connectivity index (χ0) is 17.8. The molecule has 1 aliphatic heterocycles. The number of nitrogens with one attached hydrogen (secondary N) is 2. The molecule has 1 atom stereocenters. The van der Waals surface area contributed by atoms with Gasteiger partial charge in [-0.1, -0.05) is 48.5 Å². The van der Waals surface area contributed by atoms with Crippen molar-refractivity contribution in [1.29, 1.82) is 0 Å². The Kier molecular flexibility index (Phi) is 4.69. The van der Waals surface area contributed by atoms with Gasteiger partial charge in [0.05, 0.1) is 5.69 Å². The molecule has 1 aromatic heterocycles. The van der Waals surface area contributed by atoms with E-state index in [2.05, 4.69) is 38.6 Å². The highest BCUT2D eigenvalue weighted by Gasteiger charge is 2.23. The molecule has 5 heteroatoms. The van der Waals surface area contributed by atoms with Gasteiger partial charge in [-0.2, -0.15) is 5.10 Å². The molecular weight excluding hydrogens is 324 g/mol. The maximum Gasteiger partial charge on any atom is 0.251 e. The lowest BCUT2D eigenvalue weighted by molar-refractivity contribution is 0.0933. The highest BCUT2D eigenvalue weighted by Crippen LogP contribution is 2.24. The molecule has 3 aromatic rings. The van der Waals surface area contributed by atoms with Crippen LogP contribution in [-0.4, -0.2) is 35.2 Å². The molecule has 0 aliphatic carbocycles. The quantitative estimate of drug-likeness (QED) is 0.760. The largest absolute Gasteiger partial charge is 0.353 e. The zero-order valence-electron chi connectivity index (χ0n) is 14.6. The summed E-state index contributed by atoms with van der Waals surface area (Å²) < 4.78 is 0. The summed E-state index contributed by atoms with van der Waals surface area (Å²) in [5, 5.41) is 10.8. The number of hydrogen-bond donors (Lipinski definition) is 2. The van der Waals surface area contributed by atoms with Crippen LogP contribution in [0.25, 0.3) is 11.3 Å². The highest BCUT2D eigenvalue weighted by molar-refractivity contribution is 5.94. The van der Waals surface area contributed by atoms with Gasteiger partial charge in [-0.3, -0.25) is 9.89 Å². The van der Waals surface area contributed by atoms with Gasteiger partial charge in [0, 0.05) is 30.8 Å². The SMILES string of the molecule is O=C(N[C@H]1CCCN(c2cc(-c3ccccc3)[nH]n2)C1)c1ccccc1. The molecule has 5 nitrogen and oxygen atoms in total. The van der Waals surface area contributed by atoms with E-state index in [9.17, 15) is 4.79 Å². The lowest BCUT2D eigenvalue weighted by Crippen LogP contribution is -2.48. The standard InChI is InChI=1S/C21H22N4O/c26-21(17-10-5-2-6-11-17)22-18-12-7-13-25(15-18)20-14-19(23-24-20)16-8-3-1-4-9-16/h1-6,8-11,14,18H,7,12-13,15H2,(H,22,26)(H,23,24)/t18-/m0/s1. The van der Waals surface area contributed by atoms with E-state index in [1.807, 2.05) is 48.5 Å². The fourth-order valence-corrected chi connectivity index (χ4v) is 3.40. The first-order chi connectivity index (χ1) is 12.8. The number of rotatable bonds is 4. The molecule has 1 saturated heterocycles. The van der Waals surface area contributed by atoms with Gasteiger partial charge in [-0.15, -0.1) is 0 Å². The summed E-state index contributed by atoms with van der Waals surface area (Å²) in [4.78, 5) is 14.6. The first kappa shape index (κ1) is 16.4. The summed E-state index contributed by atoms with van der Waals surface area (Å²) in [6.45, 7) is 1.73. The Morgan fingerprint density at radius 2 is 1.81 bits per heavy atom. The van der Waals surface area contributed by atoms with E-state index in [0.717, 1.165) is 43.0 Å². The molecule has 2 N–H and O–H groups in total. The third-order valence-electron chi connectivity index (χ3n) is 4.77. The number of aromatic nitrogens is 2. The monoisotopic (exact) mass is 346 g/mol. The van der Waals surface area contributed by atoms with Crippen molar-refractivity contribution in [2.75, 3.05) is 18.0 Å². The van der Waals surface area contributed by atoms with Crippen LogP contribution in [0.3, 0.4) is 0 Å². The van der Waals surface area contributed by atoms with Crippen LogP contribution in [0.4, 0.5) is 5.82 Å². The van der Waals surface area contributed by atoms with Crippen LogP contribution in [0.1, 0.15) is 23.2 Å². The number of anilines is 1. The number of benzene rings is 2. The number of amides is 1. The summed E-state index contributed by atoms with van der Waals surface area (Å²) in [5.41, 5.74) is 2.84. The topological polar surface area (TPSA) is 61.0 Å². The van der Waals surface area contributed by atoms with Gasteiger partial charge >= 0.3 is 0 Å². The van der Waals surface area contributed by atoms with Gasteiger partial charge in [0.25, 0.3) is 5.91 Å². The Morgan fingerprint density at radius 3 is 2.58 bits per heavy atom. The van der Waals surface area contributed by atoms with Gasteiger partial charge in [0.2, 0.25) is 0 Å². The molecule has 132 valence electrons. The van der Waals surface area contributed by atoms with E-state index in [4.69, 9.17) is 0 Å². The van der Waals surface area contributed by atoms with E-state index >= 15 is 0 Å². The molecule has 4 rings (SSSR count). The first-order valence-electron chi connectivity index (χ1n) is 9.01. The number of H-pyrrole nitrogens is 1. The summed E-state index contributed by atoms with van der Waals surface area (Å²) >= 11 is 0. The van der Waals surface area contributed by atoms with Crippen LogP contribution in [0.2, 0.25) is 0 Å². The van der Waals surface area contributed by atoms with Crippen LogP contribution >= 0.6 is 0 Å². The smallest absolute Gasteiger partial charge is 0.251 e. The minimum absolute atomic E-state index is 0.00977. The molecule has 1 fully saturated rings. The van der Waals surface area contributed by atoms with Crippen molar-refractivity contribution in [2.45, 2.75) is 18.9 Å². The normalized spacial score (nSPS) is 17.1. The van der Waals surface area contributed by atoms with E-state index < -0.39 is 0 Å². The van der Waals surface area contributed by atoms with Gasteiger partial charge in [0.15, 0.2) is 5.82 Å². The first-order valence-corrected chi connectivity index (χ1v) is 9.01. The molecule has 2 heterocycles. The van der Waals surface area contributed by atoms with Crippen molar-refractivity contribution in [3.8, 4) is 11.3 Å². The average Bonchev–Trinajstić information content (AvgIpc) is 3.20. The van der Waals surface area contributed by atoms with Crippen molar-refractivity contribution in [3.05, 3.63) is 72.3 Å². The van der Waals surface area contributed by atoms with Crippen LogP contribution in [-0.2, 0) is 0 Å². The minimum Gasteiger partial charge on any atom is -0.353 e. The van der Waals surface area contributed by atoms with E-state index in [1.165, 1.54) is 0 Å². The van der Waals surface area contributed by atoms with Crippen LogP contribution in [0, 0.1) is 0 Å². The highest BCUT2D eigenvalue weighted by atomic mass is 16.1. The third-order valence-corrected chi connectivity index (χ3v) is 4.77. The molecule has 26 heavy (non-hydrogen) atoms. The maximum atomic E-state index is 12.4. The molecule has 1 aliphatic rings. The van der Waals surface area contributed by atoms with Crippen LogP contribution in [0.15, 0.2) is 66.7 Å². The van der Waals surface area contributed by atoms with Crippen molar-refractivity contribution >= 4 is 11.7 Å². The predicted molar refractivity (Wildman–Crippen MR) is 103 cm³/mol. The van der Waals surface area contributed by atoms with Crippen molar-refractivity contribution in [2.24, 2.45) is 0 Å². The Labute approximate surface area is 153 Å². The van der Waals surface area contributed by atoms with Crippen LogP contribution in [0.5, 0.6) is 0 Å². The number of hydrogen-bond acceptors (Lipinski definition) is 3. The Hall–Kier alpha value is -3.08. The van der Waals surface area contributed by atoms with Gasteiger partial charge in [0.1, 0.15) is 0 Å². The molecule has 0 saturated carbocycles. The zero-order valence-corrected chi connectivity index (χ0v) is 14.6. The second-order valence-corrected chi connectivity index (χ2v) is 6.63. The molecule has 1 amide bonds. The Morgan fingerprint density at radius 1 is 1.08 bits per heavy atom. The van der Waals surface area contributed by atoms with Crippen LogP contribution < -0.4 is 10.2 Å². The summed E-state index contributed by atoms with van der Waals surface area (Å²) in [6, 6.07) is 21.8. The molecule has 0 spiro atoms. The molecule has 0 unspecified atom stereocenters. The summed E-state index contributed by atoms with van der Waals surface area (Å²) in [7, 11) is 0. The fourth-order valence-electron chi connectivity index (χ4n) is 3.40. The number of aromatic amines is 1. The van der Waals surface area contributed by atoms with E-state index in [1.54, 1.807) is 0 Å². The van der Waals surface area contributed by atoms with Gasteiger partial charge < -0.3 is 10.2 Å². The Balaban J connectivity index is 1.42. The lowest BCUT2D eigenvalue weighted by Gasteiger charge is -2.33. The Bertz CT molecular complexity index is 860. The second kappa shape index (κ2) is 7.44. The average molecular weight is 346 g/mol. The molecule has 0 bridgehead atoms. The minimum atomic E-state index is -0.00977. The number of piperidine rings is 1. The number of nitrogens with zero attached hydrogens (tertiary/aromatic N) is 2. The van der Waals surface area contributed by atoms with Crippen molar-refractivity contribution in [1.82, 2.24) is 15.5 Å². The molecule has 2 aromatic carbocycles. The molecular formula is C21H22N4O. The van der Waals surface area contributed by atoms with Crippen molar-refractivity contribution < 1.29 is 4.79 Å². The predicted octanol–water partition coefficient (Wildman–Crippen LogP) is 3.48.